The van der Waals surface area contributed by atoms with E-state index in [1.54, 1.807) is 0 Å². The Morgan fingerprint density at radius 2 is 2.11 bits per heavy atom. The summed E-state index contributed by atoms with van der Waals surface area (Å²) in [5, 5.41) is 1.84. The minimum absolute atomic E-state index is 0.921. The van der Waals surface area contributed by atoms with E-state index in [9.17, 15) is 0 Å². The molecule has 0 bridgehead atoms. The smallest absolute Gasteiger partial charge is 0.00499 e. The molecule has 1 saturated heterocycles. The summed E-state index contributed by atoms with van der Waals surface area (Å²) in [6.07, 6.45) is 2.82. The van der Waals surface area contributed by atoms with Crippen molar-refractivity contribution in [3.05, 3.63) is 0 Å². The lowest BCUT2D eigenvalue weighted by Gasteiger charge is -2.09. The highest BCUT2D eigenvalue weighted by atomic mass is 32.2. The number of hydrogen-bond donors (Lipinski definition) is 0. The molecular formula is C8H16S. The Labute approximate surface area is 62.4 Å². The van der Waals surface area contributed by atoms with E-state index in [2.05, 4.69) is 32.5 Å². The Kier molecular flexibility index (Phi) is 2.45. The summed E-state index contributed by atoms with van der Waals surface area (Å²) in [6.45, 7) is 7.01. The molecule has 0 saturated carbocycles. The summed E-state index contributed by atoms with van der Waals surface area (Å²) in [4.78, 5) is 0. The molecule has 0 nitrogen and oxygen atoms in total. The van der Waals surface area contributed by atoms with Gasteiger partial charge < -0.3 is 0 Å². The molecule has 0 N–H and O–H groups in total. The molecule has 1 fully saturated rings. The summed E-state index contributed by atoms with van der Waals surface area (Å²) in [5.74, 6) is 1.00. The lowest BCUT2D eigenvalue weighted by molar-refractivity contribution is 0.495. The normalized spacial score (nSPS) is 43.7. The van der Waals surface area contributed by atoms with Crippen LogP contribution in [0, 0.1) is 5.92 Å². The SMILES string of the molecule is CCC1CC(C)SC1C. The van der Waals surface area contributed by atoms with Gasteiger partial charge in [0, 0.05) is 10.5 Å². The van der Waals surface area contributed by atoms with Gasteiger partial charge in [-0.25, -0.2) is 0 Å². The monoisotopic (exact) mass is 144 g/mol. The van der Waals surface area contributed by atoms with Gasteiger partial charge in [0.05, 0.1) is 0 Å². The van der Waals surface area contributed by atoms with E-state index >= 15 is 0 Å². The van der Waals surface area contributed by atoms with Crippen molar-refractivity contribution in [2.75, 3.05) is 0 Å². The molecule has 9 heavy (non-hydrogen) atoms. The van der Waals surface area contributed by atoms with E-state index in [0.717, 1.165) is 16.4 Å². The van der Waals surface area contributed by atoms with Crippen LogP contribution in [0.2, 0.25) is 0 Å². The molecule has 0 spiro atoms. The third-order valence-corrected chi connectivity index (χ3v) is 3.74. The second-order valence-corrected chi connectivity index (χ2v) is 4.88. The summed E-state index contributed by atoms with van der Waals surface area (Å²) < 4.78 is 0. The predicted octanol–water partition coefficient (Wildman–Crippen LogP) is 2.93. The summed E-state index contributed by atoms with van der Waals surface area (Å²) in [6, 6.07) is 0. The molecule has 54 valence electrons. The first kappa shape index (κ1) is 7.46. The quantitative estimate of drug-likeness (QED) is 0.545. The van der Waals surface area contributed by atoms with E-state index < -0.39 is 0 Å². The fourth-order valence-electron chi connectivity index (χ4n) is 1.65. The molecule has 0 radical (unpaired) electrons. The molecule has 1 aliphatic heterocycles. The Hall–Kier alpha value is 0.350. The minimum atomic E-state index is 0.921. The highest BCUT2D eigenvalue weighted by molar-refractivity contribution is 8.00. The molecule has 0 aromatic carbocycles. The van der Waals surface area contributed by atoms with Crippen LogP contribution in [0.5, 0.6) is 0 Å². The van der Waals surface area contributed by atoms with Gasteiger partial charge in [-0.05, 0) is 12.3 Å². The predicted molar refractivity (Wildman–Crippen MR) is 44.9 cm³/mol. The van der Waals surface area contributed by atoms with Gasteiger partial charge in [0.2, 0.25) is 0 Å². The Bertz CT molecular complexity index is 90.6. The fraction of sp³-hybridized carbons (Fsp3) is 1.00. The minimum Gasteiger partial charge on any atom is -0.155 e. The van der Waals surface area contributed by atoms with E-state index in [4.69, 9.17) is 0 Å². The first-order chi connectivity index (χ1) is 4.24. The van der Waals surface area contributed by atoms with Crippen molar-refractivity contribution in [3.63, 3.8) is 0 Å². The van der Waals surface area contributed by atoms with Crippen LogP contribution in [0.1, 0.15) is 33.6 Å². The van der Waals surface area contributed by atoms with Gasteiger partial charge in [-0.15, -0.1) is 0 Å². The molecule has 0 aromatic rings. The zero-order valence-corrected chi connectivity index (χ0v) is 7.37. The third-order valence-electron chi connectivity index (χ3n) is 2.27. The first-order valence-corrected chi connectivity index (χ1v) is 4.83. The Morgan fingerprint density at radius 1 is 1.44 bits per heavy atom. The third kappa shape index (κ3) is 1.64. The maximum absolute atomic E-state index is 2.36. The van der Waals surface area contributed by atoms with Gasteiger partial charge in [0.25, 0.3) is 0 Å². The maximum atomic E-state index is 2.36. The van der Waals surface area contributed by atoms with Gasteiger partial charge in [0.15, 0.2) is 0 Å². The van der Waals surface area contributed by atoms with Crippen molar-refractivity contribution in [2.45, 2.75) is 44.1 Å². The lowest BCUT2D eigenvalue weighted by atomic mass is 9.98. The molecule has 0 aliphatic carbocycles. The lowest BCUT2D eigenvalue weighted by Crippen LogP contribution is -2.04. The number of thioether (sulfide) groups is 1. The van der Waals surface area contributed by atoms with Crippen LogP contribution in [0.4, 0.5) is 0 Å². The zero-order valence-electron chi connectivity index (χ0n) is 6.55. The van der Waals surface area contributed by atoms with Gasteiger partial charge >= 0.3 is 0 Å². The fourth-order valence-corrected chi connectivity index (χ4v) is 3.27. The summed E-state index contributed by atoms with van der Waals surface area (Å²) in [7, 11) is 0. The second-order valence-electron chi connectivity index (χ2n) is 3.06. The summed E-state index contributed by atoms with van der Waals surface area (Å²) >= 11 is 2.15. The van der Waals surface area contributed by atoms with Gasteiger partial charge in [-0.3, -0.25) is 0 Å². The van der Waals surface area contributed by atoms with Crippen molar-refractivity contribution < 1.29 is 0 Å². The highest BCUT2D eigenvalue weighted by Gasteiger charge is 2.27. The average Bonchev–Trinajstić information content (AvgIpc) is 2.10. The van der Waals surface area contributed by atoms with Crippen LogP contribution >= 0.6 is 11.8 Å². The van der Waals surface area contributed by atoms with E-state index in [1.807, 2.05) is 0 Å². The maximum Gasteiger partial charge on any atom is 0.00499 e. The van der Waals surface area contributed by atoms with Crippen LogP contribution in [-0.4, -0.2) is 10.5 Å². The summed E-state index contributed by atoms with van der Waals surface area (Å²) in [5.41, 5.74) is 0. The van der Waals surface area contributed by atoms with Crippen LogP contribution in [0.3, 0.4) is 0 Å². The van der Waals surface area contributed by atoms with Crippen molar-refractivity contribution in [1.82, 2.24) is 0 Å². The van der Waals surface area contributed by atoms with Crippen molar-refractivity contribution in [3.8, 4) is 0 Å². The van der Waals surface area contributed by atoms with Crippen LogP contribution < -0.4 is 0 Å². The van der Waals surface area contributed by atoms with Gasteiger partial charge in [-0.2, -0.15) is 11.8 Å². The van der Waals surface area contributed by atoms with Crippen molar-refractivity contribution in [2.24, 2.45) is 5.92 Å². The standard InChI is InChI=1S/C8H16S/c1-4-8-5-6(2)9-7(8)3/h6-8H,4-5H2,1-3H3. The number of rotatable bonds is 1. The van der Waals surface area contributed by atoms with Gasteiger partial charge in [0.1, 0.15) is 0 Å². The first-order valence-electron chi connectivity index (χ1n) is 3.89. The molecule has 0 aromatic heterocycles. The average molecular weight is 144 g/mol. The molecule has 3 unspecified atom stereocenters. The Morgan fingerprint density at radius 3 is 2.33 bits per heavy atom. The molecule has 1 rings (SSSR count). The number of hydrogen-bond acceptors (Lipinski definition) is 1. The van der Waals surface area contributed by atoms with Crippen LogP contribution in [0.25, 0.3) is 0 Å². The largest absolute Gasteiger partial charge is 0.155 e. The van der Waals surface area contributed by atoms with E-state index in [0.29, 0.717) is 0 Å². The molecule has 3 atom stereocenters. The highest BCUT2D eigenvalue weighted by Crippen LogP contribution is 2.39. The van der Waals surface area contributed by atoms with Gasteiger partial charge in [-0.1, -0.05) is 27.2 Å². The molecule has 1 aliphatic rings. The molecule has 0 amide bonds. The topological polar surface area (TPSA) is 0 Å². The second kappa shape index (κ2) is 2.96. The van der Waals surface area contributed by atoms with E-state index in [1.165, 1.54) is 12.8 Å². The molecule has 1 heteroatoms. The van der Waals surface area contributed by atoms with Crippen LogP contribution in [0.15, 0.2) is 0 Å². The van der Waals surface area contributed by atoms with Crippen molar-refractivity contribution in [1.29, 1.82) is 0 Å². The van der Waals surface area contributed by atoms with E-state index in [-0.39, 0.29) is 0 Å². The van der Waals surface area contributed by atoms with Crippen LogP contribution in [-0.2, 0) is 0 Å². The Balaban J connectivity index is 2.38. The zero-order chi connectivity index (χ0) is 6.85. The molecular weight excluding hydrogens is 128 g/mol. The van der Waals surface area contributed by atoms with Crippen molar-refractivity contribution >= 4 is 11.8 Å². The molecule has 1 heterocycles.